The number of amides is 1. The number of aryl methyl sites for hydroxylation is 1. The number of nitrogens with zero attached hydrogens (tertiary/aromatic N) is 1. The van der Waals surface area contributed by atoms with Crippen molar-refractivity contribution in [3.63, 3.8) is 0 Å². The number of aromatic nitrogens is 1. The average Bonchev–Trinajstić information content (AvgIpc) is 3.15. The normalized spacial score (nSPS) is 11.8. The van der Waals surface area contributed by atoms with Gasteiger partial charge >= 0.3 is 0 Å². The number of thiazole rings is 1. The van der Waals surface area contributed by atoms with Crippen LogP contribution in [0.15, 0.2) is 58.8 Å². The second-order valence-corrected chi connectivity index (χ2v) is 8.43. The van der Waals surface area contributed by atoms with Gasteiger partial charge in [0.15, 0.2) is 0 Å². The Labute approximate surface area is 174 Å². The maximum absolute atomic E-state index is 13.0. The highest BCUT2D eigenvalue weighted by Crippen LogP contribution is 2.28. The summed E-state index contributed by atoms with van der Waals surface area (Å²) in [6.45, 7) is 4.07. The highest BCUT2D eigenvalue weighted by atomic mass is 32.2. The molecule has 1 unspecified atom stereocenters. The van der Waals surface area contributed by atoms with Gasteiger partial charge < -0.3 is 10.1 Å². The van der Waals surface area contributed by atoms with E-state index in [1.165, 1.54) is 0 Å². The van der Waals surface area contributed by atoms with Gasteiger partial charge in [0.05, 0.1) is 29.4 Å². The van der Waals surface area contributed by atoms with E-state index in [0.717, 1.165) is 39.1 Å². The lowest BCUT2D eigenvalue weighted by atomic mass is 10.0. The smallest absolute Gasteiger partial charge is 0.252 e. The Bertz CT molecular complexity index is 922. The predicted molar refractivity (Wildman–Crippen MR) is 116 cm³/mol. The summed E-state index contributed by atoms with van der Waals surface area (Å²) < 4.78 is 5.22. The summed E-state index contributed by atoms with van der Waals surface area (Å²) in [6.07, 6.45) is 0.811. The number of benzene rings is 2. The molecule has 1 heterocycles. The van der Waals surface area contributed by atoms with Gasteiger partial charge in [-0.3, -0.25) is 4.79 Å². The molecule has 6 heteroatoms. The minimum Gasteiger partial charge on any atom is -0.497 e. The van der Waals surface area contributed by atoms with E-state index in [-0.39, 0.29) is 11.9 Å². The predicted octanol–water partition coefficient (Wildman–Crippen LogP) is 5.63. The van der Waals surface area contributed by atoms with Gasteiger partial charge in [-0.2, -0.15) is 0 Å². The third-order valence-corrected chi connectivity index (χ3v) is 6.33. The minimum absolute atomic E-state index is 0.0438. The molecule has 0 bridgehead atoms. The molecule has 0 saturated heterocycles. The first kappa shape index (κ1) is 20.4. The summed E-state index contributed by atoms with van der Waals surface area (Å²) in [5.41, 5.74) is 2.82. The molecule has 0 saturated carbocycles. The first-order valence-corrected chi connectivity index (χ1v) is 11.0. The summed E-state index contributed by atoms with van der Waals surface area (Å²) in [4.78, 5) is 18.5. The summed E-state index contributed by atoms with van der Waals surface area (Å²) in [7, 11) is 1.65. The maximum atomic E-state index is 13.0. The first-order valence-electron chi connectivity index (χ1n) is 9.18. The van der Waals surface area contributed by atoms with E-state index < -0.39 is 0 Å². The van der Waals surface area contributed by atoms with Crippen molar-refractivity contribution in [3.05, 3.63) is 75.7 Å². The number of rotatable bonds is 8. The van der Waals surface area contributed by atoms with E-state index in [0.29, 0.717) is 5.56 Å². The summed E-state index contributed by atoms with van der Waals surface area (Å²) in [5, 5.41) is 6.31. The fourth-order valence-corrected chi connectivity index (χ4v) is 4.56. The van der Waals surface area contributed by atoms with Crippen molar-refractivity contribution in [3.8, 4) is 5.75 Å². The molecule has 0 fully saturated rings. The van der Waals surface area contributed by atoms with E-state index in [1.54, 1.807) is 30.2 Å². The Morgan fingerprint density at radius 3 is 2.61 bits per heavy atom. The molecule has 0 aliphatic rings. The number of thioether (sulfide) groups is 1. The van der Waals surface area contributed by atoms with Crippen LogP contribution in [0.1, 0.15) is 46.0 Å². The number of carbonyl (C=O) groups excluding carboxylic acids is 1. The highest BCUT2D eigenvalue weighted by Gasteiger charge is 2.17. The fourth-order valence-electron chi connectivity index (χ4n) is 2.90. The van der Waals surface area contributed by atoms with Gasteiger partial charge in [-0.1, -0.05) is 31.2 Å². The second-order valence-electron chi connectivity index (χ2n) is 6.35. The highest BCUT2D eigenvalue weighted by molar-refractivity contribution is 7.98. The number of nitrogens with one attached hydrogen (secondary N) is 1. The van der Waals surface area contributed by atoms with E-state index in [1.807, 2.05) is 55.5 Å². The molecule has 3 rings (SSSR count). The summed E-state index contributed by atoms with van der Waals surface area (Å²) in [6, 6.07) is 15.5. The molecule has 1 aromatic heterocycles. The molecule has 4 nitrogen and oxygen atoms in total. The Hall–Kier alpha value is -2.31. The van der Waals surface area contributed by atoms with Crippen LogP contribution < -0.4 is 10.1 Å². The Morgan fingerprint density at radius 2 is 1.96 bits per heavy atom. The van der Waals surface area contributed by atoms with Gasteiger partial charge in [0.25, 0.3) is 5.91 Å². The van der Waals surface area contributed by atoms with E-state index in [4.69, 9.17) is 4.74 Å². The van der Waals surface area contributed by atoms with Crippen molar-refractivity contribution in [2.45, 2.75) is 37.0 Å². The molecule has 0 aliphatic carbocycles. The second kappa shape index (κ2) is 9.75. The summed E-state index contributed by atoms with van der Waals surface area (Å²) in [5.74, 6) is 1.51. The Kier molecular flexibility index (Phi) is 7.12. The summed E-state index contributed by atoms with van der Waals surface area (Å²) >= 11 is 3.29. The number of hydrogen-bond acceptors (Lipinski definition) is 5. The minimum atomic E-state index is -0.0553. The van der Waals surface area contributed by atoms with Crippen molar-refractivity contribution in [1.82, 2.24) is 10.3 Å². The monoisotopic (exact) mass is 412 g/mol. The van der Waals surface area contributed by atoms with Crippen LogP contribution in [0.3, 0.4) is 0 Å². The molecule has 3 aromatic rings. The molecule has 146 valence electrons. The van der Waals surface area contributed by atoms with Crippen molar-refractivity contribution in [2.75, 3.05) is 7.11 Å². The van der Waals surface area contributed by atoms with Crippen molar-refractivity contribution in [2.24, 2.45) is 0 Å². The lowest BCUT2D eigenvalue weighted by Gasteiger charge is -2.19. The maximum Gasteiger partial charge on any atom is 0.252 e. The van der Waals surface area contributed by atoms with Gasteiger partial charge in [-0.25, -0.2) is 4.98 Å². The van der Waals surface area contributed by atoms with Crippen LogP contribution in [-0.2, 0) is 5.75 Å². The van der Waals surface area contributed by atoms with Gasteiger partial charge in [0.1, 0.15) is 5.75 Å². The molecule has 2 aromatic carbocycles. The van der Waals surface area contributed by atoms with E-state index in [2.05, 4.69) is 22.6 Å². The number of methoxy groups -OCH3 is 1. The van der Waals surface area contributed by atoms with Gasteiger partial charge in [-0.15, -0.1) is 23.1 Å². The largest absolute Gasteiger partial charge is 0.497 e. The van der Waals surface area contributed by atoms with Crippen LogP contribution in [0.2, 0.25) is 0 Å². The number of carbonyl (C=O) groups is 1. The average molecular weight is 413 g/mol. The number of ether oxygens (including phenoxy) is 1. The molecule has 0 radical (unpaired) electrons. The molecule has 0 spiro atoms. The molecular formula is C22H24N2O2S2. The van der Waals surface area contributed by atoms with Crippen molar-refractivity contribution < 1.29 is 9.53 Å². The Morgan fingerprint density at radius 1 is 1.21 bits per heavy atom. The molecule has 0 aliphatic heterocycles. The molecular weight excluding hydrogens is 388 g/mol. The van der Waals surface area contributed by atoms with Crippen LogP contribution in [0.5, 0.6) is 5.75 Å². The first-order chi connectivity index (χ1) is 13.6. The zero-order chi connectivity index (χ0) is 19.9. The lowest BCUT2D eigenvalue weighted by Crippen LogP contribution is -2.28. The van der Waals surface area contributed by atoms with Crippen LogP contribution in [0.4, 0.5) is 0 Å². The van der Waals surface area contributed by atoms with Crippen LogP contribution in [0.25, 0.3) is 0 Å². The Balaban J connectivity index is 1.71. The SMILES string of the molecule is CCC(NC(=O)c1ccccc1SCc1csc(C)n1)c1ccc(OC)cc1. The molecule has 1 N–H and O–H groups in total. The van der Waals surface area contributed by atoms with Crippen molar-refractivity contribution in [1.29, 1.82) is 0 Å². The van der Waals surface area contributed by atoms with Crippen LogP contribution in [0, 0.1) is 6.92 Å². The van der Waals surface area contributed by atoms with E-state index in [9.17, 15) is 4.79 Å². The zero-order valence-electron chi connectivity index (χ0n) is 16.3. The van der Waals surface area contributed by atoms with Crippen molar-refractivity contribution >= 4 is 29.0 Å². The van der Waals surface area contributed by atoms with Crippen LogP contribution in [-0.4, -0.2) is 18.0 Å². The molecule has 1 atom stereocenters. The standard InChI is InChI=1S/C22H24N2O2S2/c1-4-20(16-9-11-18(26-3)12-10-16)24-22(25)19-7-5-6-8-21(19)28-14-17-13-27-15(2)23-17/h5-13,20H,4,14H2,1-3H3,(H,24,25). The van der Waals surface area contributed by atoms with Crippen LogP contribution >= 0.6 is 23.1 Å². The third-order valence-electron chi connectivity index (χ3n) is 4.41. The zero-order valence-corrected chi connectivity index (χ0v) is 17.9. The van der Waals surface area contributed by atoms with Gasteiger partial charge in [-0.05, 0) is 43.2 Å². The lowest BCUT2D eigenvalue weighted by molar-refractivity contribution is 0.0932. The quantitative estimate of drug-likeness (QED) is 0.487. The molecule has 1 amide bonds. The topological polar surface area (TPSA) is 51.2 Å². The number of hydrogen-bond donors (Lipinski definition) is 1. The van der Waals surface area contributed by atoms with E-state index >= 15 is 0 Å². The fraction of sp³-hybridized carbons (Fsp3) is 0.273. The molecule has 28 heavy (non-hydrogen) atoms. The van der Waals surface area contributed by atoms with Gasteiger partial charge in [0.2, 0.25) is 0 Å². The van der Waals surface area contributed by atoms with Gasteiger partial charge in [0, 0.05) is 16.0 Å². The third kappa shape index (κ3) is 5.14.